The van der Waals surface area contributed by atoms with Crippen molar-refractivity contribution in [2.45, 2.75) is 5.92 Å². The van der Waals surface area contributed by atoms with Gasteiger partial charge in [0.1, 0.15) is 28.7 Å². The van der Waals surface area contributed by atoms with E-state index in [4.69, 9.17) is 30.1 Å². The van der Waals surface area contributed by atoms with E-state index in [2.05, 4.69) is 6.07 Å². The first-order chi connectivity index (χ1) is 16.9. The smallest absolute Gasteiger partial charge is 0.344 e. The molecule has 4 N–H and O–H groups in total. The van der Waals surface area contributed by atoms with Gasteiger partial charge in [-0.1, -0.05) is 18.2 Å². The lowest BCUT2D eigenvalue weighted by molar-refractivity contribution is 0.388. The summed E-state index contributed by atoms with van der Waals surface area (Å²) < 4.78 is 22.3. The normalized spacial score (nSPS) is 14.7. The van der Waals surface area contributed by atoms with Crippen LogP contribution in [-0.4, -0.2) is 14.2 Å². The highest BCUT2D eigenvalue weighted by atomic mass is 16.5. The van der Waals surface area contributed by atoms with Crippen LogP contribution in [0.1, 0.15) is 17.0 Å². The zero-order chi connectivity index (χ0) is 24.7. The van der Waals surface area contributed by atoms with Gasteiger partial charge in [-0.15, -0.1) is 0 Å². The molecule has 0 saturated carbocycles. The Bertz CT molecular complexity index is 1610. The Hall–Kier alpha value is -4.90. The minimum Gasteiger partial charge on any atom is -0.497 e. The van der Waals surface area contributed by atoms with Gasteiger partial charge in [-0.25, -0.2) is 4.79 Å². The van der Waals surface area contributed by atoms with Crippen molar-refractivity contribution in [1.82, 2.24) is 0 Å². The number of rotatable bonds is 4. The summed E-state index contributed by atoms with van der Waals surface area (Å²) in [6.07, 6.45) is 0. The van der Waals surface area contributed by atoms with Gasteiger partial charge in [-0.3, -0.25) is 0 Å². The number of nitrogens with two attached hydrogens (primary N) is 2. The molecule has 174 valence electrons. The molecule has 1 aliphatic heterocycles. The maximum atomic E-state index is 13.2. The average Bonchev–Trinajstić information content (AvgIpc) is 2.88. The fourth-order valence-electron chi connectivity index (χ4n) is 4.39. The Balaban J connectivity index is 1.79. The van der Waals surface area contributed by atoms with Crippen molar-refractivity contribution in [3.8, 4) is 34.4 Å². The highest BCUT2D eigenvalue weighted by Crippen LogP contribution is 2.45. The van der Waals surface area contributed by atoms with E-state index in [9.17, 15) is 10.1 Å². The van der Waals surface area contributed by atoms with Gasteiger partial charge in [0.25, 0.3) is 0 Å². The highest BCUT2D eigenvalue weighted by molar-refractivity contribution is 5.88. The zero-order valence-electron chi connectivity index (χ0n) is 19.0. The molecule has 1 aromatic heterocycles. The van der Waals surface area contributed by atoms with Crippen LogP contribution in [0, 0.1) is 11.3 Å². The van der Waals surface area contributed by atoms with E-state index in [1.807, 2.05) is 30.3 Å². The van der Waals surface area contributed by atoms with Crippen LogP contribution < -0.4 is 31.3 Å². The SMILES string of the molecule is COc1cccc(-c2cc(C3C(C#N)=C(N)Oc4c3c(=O)oc3ccc(N)cc43)ccc2OC)c1. The number of allylic oxidation sites excluding steroid dienone is 1. The number of hydrogen-bond acceptors (Lipinski definition) is 8. The van der Waals surface area contributed by atoms with Gasteiger partial charge in [0.2, 0.25) is 5.88 Å². The Labute approximate surface area is 200 Å². The molecular formula is C27H21N3O5. The number of nitrogens with zero attached hydrogens (tertiary/aromatic N) is 1. The van der Waals surface area contributed by atoms with Crippen molar-refractivity contribution in [3.63, 3.8) is 0 Å². The summed E-state index contributed by atoms with van der Waals surface area (Å²) >= 11 is 0. The number of ether oxygens (including phenoxy) is 3. The Morgan fingerprint density at radius 2 is 1.83 bits per heavy atom. The third kappa shape index (κ3) is 3.60. The predicted molar refractivity (Wildman–Crippen MR) is 131 cm³/mol. The lowest BCUT2D eigenvalue weighted by Gasteiger charge is -2.26. The second-order valence-corrected chi connectivity index (χ2v) is 8.00. The van der Waals surface area contributed by atoms with E-state index in [0.717, 1.165) is 11.1 Å². The molecule has 0 spiro atoms. The molecule has 8 nitrogen and oxygen atoms in total. The fourth-order valence-corrected chi connectivity index (χ4v) is 4.39. The van der Waals surface area contributed by atoms with E-state index in [1.165, 1.54) is 0 Å². The second kappa shape index (κ2) is 8.47. The largest absolute Gasteiger partial charge is 0.497 e. The quantitative estimate of drug-likeness (QED) is 0.336. The van der Waals surface area contributed by atoms with Crippen LogP contribution >= 0.6 is 0 Å². The monoisotopic (exact) mass is 467 g/mol. The van der Waals surface area contributed by atoms with E-state index in [0.29, 0.717) is 33.7 Å². The number of nitriles is 1. The first-order valence-electron chi connectivity index (χ1n) is 10.7. The molecule has 35 heavy (non-hydrogen) atoms. The molecule has 1 unspecified atom stereocenters. The van der Waals surface area contributed by atoms with Crippen LogP contribution in [-0.2, 0) is 0 Å². The summed E-state index contributed by atoms with van der Waals surface area (Å²) in [6, 6.07) is 19.9. The van der Waals surface area contributed by atoms with Gasteiger partial charge in [0, 0.05) is 11.3 Å². The molecule has 0 fully saturated rings. The van der Waals surface area contributed by atoms with Crippen LogP contribution in [0.15, 0.2) is 81.3 Å². The number of methoxy groups -OCH3 is 2. The molecule has 4 aromatic rings. The van der Waals surface area contributed by atoms with Crippen molar-refractivity contribution >= 4 is 16.7 Å². The van der Waals surface area contributed by atoms with Crippen molar-refractivity contribution in [1.29, 1.82) is 5.26 Å². The Morgan fingerprint density at radius 3 is 2.57 bits per heavy atom. The van der Waals surface area contributed by atoms with Crippen LogP contribution in [0.25, 0.3) is 22.1 Å². The van der Waals surface area contributed by atoms with Gasteiger partial charge in [0.05, 0.1) is 31.1 Å². The number of hydrogen-bond donors (Lipinski definition) is 2. The first kappa shape index (κ1) is 21.9. The van der Waals surface area contributed by atoms with Crippen molar-refractivity contribution in [3.05, 3.63) is 93.7 Å². The van der Waals surface area contributed by atoms with Crippen molar-refractivity contribution < 1.29 is 18.6 Å². The molecular weight excluding hydrogens is 446 g/mol. The molecule has 0 saturated heterocycles. The van der Waals surface area contributed by atoms with E-state index < -0.39 is 11.5 Å². The zero-order valence-corrected chi connectivity index (χ0v) is 19.0. The molecule has 2 heterocycles. The molecule has 1 atom stereocenters. The van der Waals surface area contributed by atoms with Gasteiger partial charge in [-0.2, -0.15) is 5.26 Å². The average molecular weight is 467 g/mol. The van der Waals surface area contributed by atoms with E-state index in [-0.39, 0.29) is 22.8 Å². The van der Waals surface area contributed by atoms with Crippen LogP contribution in [0.4, 0.5) is 5.69 Å². The third-order valence-electron chi connectivity index (χ3n) is 6.03. The highest BCUT2D eigenvalue weighted by Gasteiger charge is 2.36. The number of benzene rings is 3. The predicted octanol–water partition coefficient (Wildman–Crippen LogP) is 4.28. The summed E-state index contributed by atoms with van der Waals surface area (Å²) in [5, 5.41) is 10.5. The fraction of sp³-hybridized carbons (Fsp3) is 0.111. The van der Waals surface area contributed by atoms with Crippen LogP contribution in [0.5, 0.6) is 17.2 Å². The maximum Gasteiger partial charge on any atom is 0.344 e. The second-order valence-electron chi connectivity index (χ2n) is 8.00. The topological polar surface area (TPSA) is 134 Å². The summed E-state index contributed by atoms with van der Waals surface area (Å²) in [5.41, 5.74) is 14.8. The standard InChI is InChI=1S/C27H21N3O5/c1-32-17-5-3-4-14(10-17)18-11-15(6-8-21(18)33-2)23-20(13-28)26(30)35-25-19-12-16(29)7-9-22(19)34-27(31)24(23)25/h3-12,23H,29-30H2,1-2H3. The van der Waals surface area contributed by atoms with Crippen molar-refractivity contribution in [2.75, 3.05) is 20.0 Å². The lowest BCUT2D eigenvalue weighted by atomic mass is 9.82. The third-order valence-corrected chi connectivity index (χ3v) is 6.03. The number of fused-ring (bicyclic) bond motifs is 3. The molecule has 0 amide bonds. The van der Waals surface area contributed by atoms with Gasteiger partial charge >= 0.3 is 5.63 Å². The first-order valence-corrected chi connectivity index (χ1v) is 10.7. The molecule has 0 bridgehead atoms. The number of anilines is 1. The molecule has 8 heteroatoms. The van der Waals surface area contributed by atoms with E-state index in [1.54, 1.807) is 44.6 Å². The molecule has 0 radical (unpaired) electrons. The summed E-state index contributed by atoms with van der Waals surface area (Å²) in [4.78, 5) is 13.2. The minimum atomic E-state index is -0.818. The van der Waals surface area contributed by atoms with Gasteiger partial charge in [-0.05, 0) is 53.6 Å². The summed E-state index contributed by atoms with van der Waals surface area (Å²) in [5.74, 6) is 0.615. The van der Waals surface area contributed by atoms with Crippen molar-refractivity contribution in [2.24, 2.45) is 5.73 Å². The van der Waals surface area contributed by atoms with Crippen LogP contribution in [0.3, 0.4) is 0 Å². The van der Waals surface area contributed by atoms with E-state index >= 15 is 0 Å². The maximum absolute atomic E-state index is 13.2. The number of nitrogen functional groups attached to an aromatic ring is 1. The summed E-state index contributed by atoms with van der Waals surface area (Å²) in [6.45, 7) is 0. The lowest BCUT2D eigenvalue weighted by Crippen LogP contribution is -2.26. The minimum absolute atomic E-state index is 0.0851. The Kier molecular flexibility index (Phi) is 5.30. The molecule has 3 aromatic carbocycles. The van der Waals surface area contributed by atoms with Gasteiger partial charge in [0.15, 0.2) is 5.75 Å². The molecule has 0 aliphatic carbocycles. The van der Waals surface area contributed by atoms with Crippen LogP contribution in [0.2, 0.25) is 0 Å². The molecule has 1 aliphatic rings. The Morgan fingerprint density at radius 1 is 1.00 bits per heavy atom. The molecule has 5 rings (SSSR count). The van der Waals surface area contributed by atoms with Gasteiger partial charge < -0.3 is 30.1 Å². The summed E-state index contributed by atoms with van der Waals surface area (Å²) in [7, 11) is 3.17.